The third kappa shape index (κ3) is 3.37. The SMILES string of the molecule is Cc1c(Cl)nc(C(C)C)nc1NCC1(CCO)CC1. The van der Waals surface area contributed by atoms with Gasteiger partial charge in [0.05, 0.1) is 0 Å². The maximum atomic E-state index is 9.08. The number of aromatic nitrogens is 2. The molecular formula is C14H22ClN3O. The van der Waals surface area contributed by atoms with E-state index in [1.165, 1.54) is 12.8 Å². The predicted octanol–water partition coefficient (Wildman–Crippen LogP) is 3.14. The minimum atomic E-state index is 0.252. The Morgan fingerprint density at radius 1 is 1.37 bits per heavy atom. The zero-order valence-electron chi connectivity index (χ0n) is 11.8. The number of halogens is 1. The second-order valence-electron chi connectivity index (χ2n) is 5.83. The van der Waals surface area contributed by atoms with Gasteiger partial charge >= 0.3 is 0 Å². The van der Waals surface area contributed by atoms with Crippen molar-refractivity contribution in [2.24, 2.45) is 5.41 Å². The van der Waals surface area contributed by atoms with Gasteiger partial charge in [0.2, 0.25) is 0 Å². The second-order valence-corrected chi connectivity index (χ2v) is 6.19. The summed E-state index contributed by atoms with van der Waals surface area (Å²) in [5, 5.41) is 13.0. The maximum absolute atomic E-state index is 9.08. The summed E-state index contributed by atoms with van der Waals surface area (Å²) < 4.78 is 0. The molecule has 2 rings (SSSR count). The normalized spacial score (nSPS) is 16.7. The zero-order chi connectivity index (χ0) is 14.0. The second kappa shape index (κ2) is 5.63. The van der Waals surface area contributed by atoms with Gasteiger partial charge < -0.3 is 10.4 Å². The molecule has 0 bridgehead atoms. The van der Waals surface area contributed by atoms with Gasteiger partial charge in [-0.15, -0.1) is 0 Å². The van der Waals surface area contributed by atoms with Gasteiger partial charge in [0, 0.05) is 24.6 Å². The summed E-state index contributed by atoms with van der Waals surface area (Å²) in [5.41, 5.74) is 1.15. The molecule has 0 radical (unpaired) electrons. The molecule has 2 N–H and O–H groups in total. The van der Waals surface area contributed by atoms with Gasteiger partial charge in [-0.3, -0.25) is 0 Å². The van der Waals surface area contributed by atoms with Gasteiger partial charge in [-0.05, 0) is 31.6 Å². The Bertz CT molecular complexity index is 458. The van der Waals surface area contributed by atoms with E-state index >= 15 is 0 Å². The molecule has 0 aromatic carbocycles. The summed E-state index contributed by atoms with van der Waals surface area (Å²) in [6, 6.07) is 0. The fraction of sp³-hybridized carbons (Fsp3) is 0.714. The van der Waals surface area contributed by atoms with Crippen LogP contribution in [0.2, 0.25) is 5.15 Å². The van der Waals surface area contributed by atoms with Crippen molar-refractivity contribution in [1.29, 1.82) is 0 Å². The van der Waals surface area contributed by atoms with E-state index in [4.69, 9.17) is 16.7 Å². The number of nitrogens with zero attached hydrogens (tertiary/aromatic N) is 2. The van der Waals surface area contributed by atoms with Crippen molar-refractivity contribution < 1.29 is 5.11 Å². The number of hydrogen-bond donors (Lipinski definition) is 2. The van der Waals surface area contributed by atoms with Gasteiger partial charge in [0.25, 0.3) is 0 Å². The molecule has 4 nitrogen and oxygen atoms in total. The topological polar surface area (TPSA) is 58.0 Å². The van der Waals surface area contributed by atoms with Crippen LogP contribution in [-0.2, 0) is 0 Å². The standard InChI is InChI=1S/C14H22ClN3O/c1-9(2)12-17-11(15)10(3)13(18-12)16-8-14(4-5-14)6-7-19/h9,19H,4-8H2,1-3H3,(H,16,17,18). The fourth-order valence-electron chi connectivity index (χ4n) is 2.14. The molecule has 0 spiro atoms. The van der Waals surface area contributed by atoms with Crippen molar-refractivity contribution in [1.82, 2.24) is 9.97 Å². The Hall–Kier alpha value is -0.870. The molecule has 1 saturated carbocycles. The van der Waals surface area contributed by atoms with E-state index in [1.54, 1.807) is 0 Å². The van der Waals surface area contributed by atoms with Gasteiger partial charge in [0.1, 0.15) is 16.8 Å². The van der Waals surface area contributed by atoms with Crippen molar-refractivity contribution in [3.8, 4) is 0 Å². The van der Waals surface area contributed by atoms with Crippen LogP contribution >= 0.6 is 11.6 Å². The first-order valence-electron chi connectivity index (χ1n) is 6.86. The monoisotopic (exact) mass is 283 g/mol. The van der Waals surface area contributed by atoms with Crippen molar-refractivity contribution in [3.05, 3.63) is 16.5 Å². The van der Waals surface area contributed by atoms with Crippen molar-refractivity contribution >= 4 is 17.4 Å². The van der Waals surface area contributed by atoms with Gasteiger partial charge in [-0.25, -0.2) is 9.97 Å². The average molecular weight is 284 g/mol. The highest BCUT2D eigenvalue weighted by atomic mass is 35.5. The molecule has 0 aliphatic heterocycles. The molecule has 1 heterocycles. The lowest BCUT2D eigenvalue weighted by Gasteiger charge is -2.17. The van der Waals surface area contributed by atoms with Crippen LogP contribution in [0.3, 0.4) is 0 Å². The summed E-state index contributed by atoms with van der Waals surface area (Å²) in [7, 11) is 0. The minimum absolute atomic E-state index is 0.252. The minimum Gasteiger partial charge on any atom is -0.396 e. The van der Waals surface area contributed by atoms with E-state index in [0.29, 0.717) is 5.15 Å². The Kier molecular flexibility index (Phi) is 4.31. The van der Waals surface area contributed by atoms with Crippen LogP contribution in [0.1, 0.15) is 50.4 Å². The lowest BCUT2D eigenvalue weighted by Crippen LogP contribution is -2.19. The van der Waals surface area contributed by atoms with Crippen molar-refractivity contribution in [3.63, 3.8) is 0 Å². The van der Waals surface area contributed by atoms with Gasteiger partial charge in [0.15, 0.2) is 0 Å². The molecule has 106 valence electrons. The Morgan fingerprint density at radius 2 is 2.05 bits per heavy atom. The lowest BCUT2D eigenvalue weighted by molar-refractivity contribution is 0.253. The summed E-state index contributed by atoms with van der Waals surface area (Å²) >= 11 is 6.16. The van der Waals surface area contributed by atoms with E-state index < -0.39 is 0 Å². The predicted molar refractivity (Wildman–Crippen MR) is 77.7 cm³/mol. The van der Waals surface area contributed by atoms with Crippen LogP contribution in [0, 0.1) is 12.3 Å². The molecule has 1 fully saturated rings. The van der Waals surface area contributed by atoms with E-state index in [9.17, 15) is 0 Å². The fourth-order valence-corrected chi connectivity index (χ4v) is 2.31. The Balaban J connectivity index is 2.11. The Labute approximate surface area is 119 Å². The number of hydrogen-bond acceptors (Lipinski definition) is 4. The van der Waals surface area contributed by atoms with E-state index in [1.807, 2.05) is 6.92 Å². The van der Waals surface area contributed by atoms with Crippen LogP contribution < -0.4 is 5.32 Å². The summed E-state index contributed by atoms with van der Waals surface area (Å²) in [6.45, 7) is 7.14. The molecule has 1 aliphatic carbocycles. The smallest absolute Gasteiger partial charge is 0.137 e. The first kappa shape index (κ1) is 14.5. The molecule has 0 amide bonds. The molecule has 0 saturated heterocycles. The largest absolute Gasteiger partial charge is 0.396 e. The van der Waals surface area contributed by atoms with Crippen LogP contribution in [0.4, 0.5) is 5.82 Å². The summed E-state index contributed by atoms with van der Waals surface area (Å²) in [6.07, 6.45) is 3.21. The number of rotatable bonds is 6. The van der Waals surface area contributed by atoms with Crippen LogP contribution in [0.5, 0.6) is 0 Å². The maximum Gasteiger partial charge on any atom is 0.137 e. The third-order valence-electron chi connectivity index (χ3n) is 3.85. The first-order chi connectivity index (χ1) is 8.97. The van der Waals surface area contributed by atoms with E-state index in [2.05, 4.69) is 29.1 Å². The number of nitrogens with one attached hydrogen (secondary N) is 1. The summed E-state index contributed by atoms with van der Waals surface area (Å²) in [5.74, 6) is 1.85. The van der Waals surface area contributed by atoms with Crippen molar-refractivity contribution in [2.45, 2.75) is 46.0 Å². The molecule has 1 aliphatic rings. The van der Waals surface area contributed by atoms with E-state index in [-0.39, 0.29) is 17.9 Å². The van der Waals surface area contributed by atoms with Crippen LogP contribution in [0.15, 0.2) is 0 Å². The van der Waals surface area contributed by atoms with Crippen LogP contribution in [-0.4, -0.2) is 28.2 Å². The molecule has 5 heteroatoms. The van der Waals surface area contributed by atoms with Crippen molar-refractivity contribution in [2.75, 3.05) is 18.5 Å². The number of anilines is 1. The highest BCUT2D eigenvalue weighted by Gasteiger charge is 2.41. The van der Waals surface area contributed by atoms with Gasteiger partial charge in [-0.1, -0.05) is 25.4 Å². The highest BCUT2D eigenvalue weighted by molar-refractivity contribution is 6.30. The average Bonchev–Trinajstić information content (AvgIpc) is 3.11. The summed E-state index contributed by atoms with van der Waals surface area (Å²) in [4.78, 5) is 8.86. The molecule has 0 atom stereocenters. The molecule has 0 unspecified atom stereocenters. The molecule has 1 aromatic heterocycles. The molecular weight excluding hydrogens is 262 g/mol. The van der Waals surface area contributed by atoms with E-state index in [0.717, 1.165) is 30.2 Å². The quantitative estimate of drug-likeness (QED) is 0.788. The first-order valence-corrected chi connectivity index (χ1v) is 7.24. The Morgan fingerprint density at radius 3 is 2.58 bits per heavy atom. The number of aliphatic hydroxyl groups excluding tert-OH is 1. The van der Waals surface area contributed by atoms with Crippen LogP contribution in [0.25, 0.3) is 0 Å². The van der Waals surface area contributed by atoms with Gasteiger partial charge in [-0.2, -0.15) is 0 Å². The zero-order valence-corrected chi connectivity index (χ0v) is 12.6. The lowest BCUT2D eigenvalue weighted by atomic mass is 10.0. The molecule has 1 aromatic rings. The molecule has 19 heavy (non-hydrogen) atoms. The third-order valence-corrected chi connectivity index (χ3v) is 4.22. The highest BCUT2D eigenvalue weighted by Crippen LogP contribution is 2.48. The number of aliphatic hydroxyl groups is 1.